The number of rotatable bonds is 6. The van der Waals surface area contributed by atoms with E-state index in [4.69, 9.17) is 9.47 Å². The normalized spacial score (nSPS) is 12.6. The molecule has 2 nitrogen and oxygen atoms in total. The highest BCUT2D eigenvalue weighted by atomic mass is 33.0. The minimum atomic E-state index is -0.349. The first kappa shape index (κ1) is 16.0. The number of hydrogen-bond acceptors (Lipinski definition) is 4. The van der Waals surface area contributed by atoms with Crippen LogP contribution in [0, 0.1) is 0 Å². The van der Waals surface area contributed by atoms with E-state index in [1.54, 1.807) is 14.2 Å². The molecule has 0 aliphatic heterocycles. The molecule has 2 aromatic carbocycles. The van der Waals surface area contributed by atoms with Crippen LogP contribution >= 0.6 is 37.9 Å². The summed E-state index contributed by atoms with van der Waals surface area (Å²) in [4.78, 5) is 1.24. The Labute approximate surface area is 132 Å². The Bertz CT molecular complexity index is 532. The molecule has 0 aromatic heterocycles. The van der Waals surface area contributed by atoms with E-state index < -0.39 is 0 Å². The highest BCUT2D eigenvalue weighted by Crippen LogP contribution is 2.68. The molecule has 0 radical (unpaired) electrons. The van der Waals surface area contributed by atoms with E-state index in [1.807, 2.05) is 35.6 Å². The summed E-state index contributed by atoms with van der Waals surface area (Å²) in [5.74, 6) is 1.78. The second-order valence-electron chi connectivity index (χ2n) is 3.86. The highest BCUT2D eigenvalue weighted by Gasteiger charge is 2.11. The lowest BCUT2D eigenvalue weighted by atomic mass is 10.3. The lowest BCUT2D eigenvalue weighted by molar-refractivity contribution is 0.414. The zero-order valence-corrected chi connectivity index (χ0v) is 14.8. The van der Waals surface area contributed by atoms with Crippen LogP contribution in [0.15, 0.2) is 53.4 Å². The van der Waals surface area contributed by atoms with Crippen LogP contribution in [0.5, 0.6) is 11.5 Å². The standard InChI is InChI=1S/C14H16O2P2S2/c1-15-11-3-7-13(8-4-11)18(17-19)20-14-9-5-12(16-2)6-10-14/h3-10,17,19H,1-2H3. The fourth-order valence-electron chi connectivity index (χ4n) is 1.59. The summed E-state index contributed by atoms with van der Waals surface area (Å²) in [5.41, 5.74) is 0. The van der Waals surface area contributed by atoms with E-state index in [1.165, 1.54) is 10.2 Å². The van der Waals surface area contributed by atoms with Crippen molar-refractivity contribution in [1.82, 2.24) is 0 Å². The van der Waals surface area contributed by atoms with Gasteiger partial charge in [0, 0.05) is 11.7 Å². The number of ether oxygens (including phenoxy) is 2. The molecule has 2 aromatic rings. The van der Waals surface area contributed by atoms with Gasteiger partial charge in [-0.25, -0.2) is 0 Å². The maximum atomic E-state index is 5.20. The van der Waals surface area contributed by atoms with Crippen LogP contribution in [0.3, 0.4) is 0 Å². The third-order valence-electron chi connectivity index (χ3n) is 2.65. The topological polar surface area (TPSA) is 18.5 Å². The van der Waals surface area contributed by atoms with Crippen LogP contribution in [-0.4, -0.2) is 14.2 Å². The molecule has 2 atom stereocenters. The molecule has 0 heterocycles. The molecule has 0 spiro atoms. The Balaban J connectivity index is 2.10. The number of benzene rings is 2. The summed E-state index contributed by atoms with van der Waals surface area (Å²) in [7, 11) is 3.96. The van der Waals surface area contributed by atoms with Crippen LogP contribution in [0.25, 0.3) is 0 Å². The van der Waals surface area contributed by atoms with E-state index in [-0.39, 0.29) is 6.81 Å². The van der Waals surface area contributed by atoms with Crippen LogP contribution in [0.4, 0.5) is 0 Å². The van der Waals surface area contributed by atoms with E-state index in [2.05, 4.69) is 36.5 Å². The van der Waals surface area contributed by atoms with Gasteiger partial charge in [-0.15, -0.1) is 12.2 Å². The third-order valence-corrected chi connectivity index (χ3v) is 12.1. The minimum Gasteiger partial charge on any atom is -0.497 e. The summed E-state index contributed by atoms with van der Waals surface area (Å²) in [6, 6.07) is 16.4. The Morgan fingerprint density at radius 2 is 1.40 bits per heavy atom. The van der Waals surface area contributed by atoms with E-state index in [0.29, 0.717) is 7.47 Å². The van der Waals surface area contributed by atoms with Crippen molar-refractivity contribution >= 4 is 43.2 Å². The van der Waals surface area contributed by atoms with Gasteiger partial charge in [0.05, 0.1) is 14.2 Å². The van der Waals surface area contributed by atoms with Crippen molar-refractivity contribution in [3.63, 3.8) is 0 Å². The molecule has 0 saturated carbocycles. The van der Waals surface area contributed by atoms with Crippen molar-refractivity contribution < 1.29 is 9.47 Å². The molecular formula is C14H16O2P2S2. The van der Waals surface area contributed by atoms with Gasteiger partial charge in [-0.2, -0.15) is 0 Å². The lowest BCUT2D eigenvalue weighted by Gasteiger charge is -2.15. The number of methoxy groups -OCH3 is 2. The minimum absolute atomic E-state index is 0.349. The molecule has 0 aliphatic rings. The smallest absolute Gasteiger partial charge is 0.118 e. The molecule has 0 aliphatic carbocycles. The van der Waals surface area contributed by atoms with E-state index in [0.717, 1.165) is 11.5 Å². The van der Waals surface area contributed by atoms with Gasteiger partial charge in [-0.05, 0) is 61.3 Å². The van der Waals surface area contributed by atoms with E-state index in [9.17, 15) is 0 Å². The Kier molecular flexibility index (Phi) is 6.51. The molecular weight excluding hydrogens is 326 g/mol. The predicted octanol–water partition coefficient (Wildman–Crippen LogP) is 4.96. The summed E-state index contributed by atoms with van der Waals surface area (Å²) in [6.07, 6.45) is 0. The Morgan fingerprint density at radius 3 is 1.85 bits per heavy atom. The van der Waals surface area contributed by atoms with Crippen molar-refractivity contribution in [2.45, 2.75) is 4.90 Å². The van der Waals surface area contributed by atoms with Gasteiger partial charge in [-0.3, -0.25) is 0 Å². The zero-order chi connectivity index (χ0) is 14.4. The number of thiol groups is 1. The molecule has 0 saturated heterocycles. The van der Waals surface area contributed by atoms with Crippen LogP contribution in [0.1, 0.15) is 0 Å². The first-order valence-corrected chi connectivity index (χ1v) is 11.8. The van der Waals surface area contributed by atoms with Gasteiger partial charge in [0.1, 0.15) is 11.5 Å². The molecule has 6 heteroatoms. The largest absolute Gasteiger partial charge is 0.497 e. The summed E-state index contributed by atoms with van der Waals surface area (Å²) < 4.78 is 10.4. The van der Waals surface area contributed by atoms with Gasteiger partial charge >= 0.3 is 0 Å². The third kappa shape index (κ3) is 4.30. The maximum Gasteiger partial charge on any atom is 0.118 e. The molecule has 0 fully saturated rings. The Hall–Kier alpha value is -0.400. The SMILES string of the molecule is COc1ccc(SP(PS)c2ccc(OC)cc2)cc1. The van der Waals surface area contributed by atoms with Crippen molar-refractivity contribution in [3.8, 4) is 11.5 Å². The number of hydrogen-bond donors (Lipinski definition) is 1. The first-order chi connectivity index (χ1) is 9.76. The van der Waals surface area contributed by atoms with Gasteiger partial charge in [0.2, 0.25) is 0 Å². The maximum absolute atomic E-state index is 5.20. The molecule has 0 amide bonds. The fraction of sp³-hybridized carbons (Fsp3) is 0.143. The fourth-order valence-corrected chi connectivity index (χ4v) is 8.79. The van der Waals surface area contributed by atoms with Crippen molar-refractivity contribution in [3.05, 3.63) is 48.5 Å². The monoisotopic (exact) mass is 342 g/mol. The van der Waals surface area contributed by atoms with Crippen molar-refractivity contribution in [1.29, 1.82) is 0 Å². The molecule has 2 unspecified atom stereocenters. The lowest BCUT2D eigenvalue weighted by Crippen LogP contribution is -1.95. The average Bonchev–Trinajstić information content (AvgIpc) is 2.53. The second kappa shape index (κ2) is 8.14. The summed E-state index contributed by atoms with van der Waals surface area (Å²) in [6.45, 7) is -0.349. The average molecular weight is 342 g/mol. The van der Waals surface area contributed by atoms with Crippen molar-refractivity contribution in [2.24, 2.45) is 0 Å². The summed E-state index contributed by atoms with van der Waals surface area (Å²) in [5, 5.41) is 1.33. The quantitative estimate of drug-likeness (QED) is 0.591. The molecule has 2 rings (SSSR count). The van der Waals surface area contributed by atoms with Crippen molar-refractivity contribution in [2.75, 3.05) is 14.2 Å². The highest BCUT2D eigenvalue weighted by molar-refractivity contribution is 8.88. The summed E-state index contributed by atoms with van der Waals surface area (Å²) >= 11 is 6.40. The van der Waals surface area contributed by atoms with Gasteiger partial charge in [0.15, 0.2) is 0 Å². The van der Waals surface area contributed by atoms with E-state index >= 15 is 0 Å². The van der Waals surface area contributed by atoms with Gasteiger partial charge in [0.25, 0.3) is 0 Å². The molecule has 20 heavy (non-hydrogen) atoms. The van der Waals surface area contributed by atoms with Crippen LogP contribution < -0.4 is 14.8 Å². The second-order valence-corrected chi connectivity index (χ2v) is 12.2. The van der Waals surface area contributed by atoms with Gasteiger partial charge in [-0.1, -0.05) is 11.4 Å². The van der Waals surface area contributed by atoms with Gasteiger partial charge < -0.3 is 9.47 Å². The Morgan fingerprint density at radius 1 is 0.900 bits per heavy atom. The zero-order valence-electron chi connectivity index (χ0n) is 11.2. The molecule has 0 bridgehead atoms. The van der Waals surface area contributed by atoms with Crippen LogP contribution in [0.2, 0.25) is 0 Å². The van der Waals surface area contributed by atoms with Crippen LogP contribution in [-0.2, 0) is 0 Å². The predicted molar refractivity (Wildman–Crippen MR) is 95.7 cm³/mol. The molecule has 0 N–H and O–H groups in total. The first-order valence-electron chi connectivity index (χ1n) is 5.92. The molecule has 106 valence electrons.